The lowest BCUT2D eigenvalue weighted by Crippen LogP contribution is -2.19. The fraction of sp³-hybridized carbons (Fsp3) is 0.219. The van der Waals surface area contributed by atoms with Crippen molar-refractivity contribution in [2.24, 2.45) is 7.05 Å². The molecule has 0 bridgehead atoms. The quantitative estimate of drug-likeness (QED) is 0.165. The van der Waals surface area contributed by atoms with Gasteiger partial charge < -0.3 is 37.6 Å². The fourth-order valence-corrected chi connectivity index (χ4v) is 5.21. The zero-order chi connectivity index (χ0) is 33.8. The lowest BCUT2D eigenvalue weighted by molar-refractivity contribution is 0.191. The van der Waals surface area contributed by atoms with E-state index in [0.29, 0.717) is 23.3 Å². The minimum Gasteiger partial charge on any atom is -0.760 e. The molecule has 0 fully saturated rings. The topological polar surface area (TPSA) is 144 Å². The van der Waals surface area contributed by atoms with Crippen molar-refractivity contribution in [3.05, 3.63) is 88.1 Å². The molecule has 0 saturated carbocycles. The van der Waals surface area contributed by atoms with Crippen molar-refractivity contribution in [3.8, 4) is 51.2 Å². The van der Waals surface area contributed by atoms with Crippen LogP contribution in [0, 0.1) is 17.5 Å². The summed E-state index contributed by atoms with van der Waals surface area (Å²) in [4.78, 5) is 13.3. The molecule has 248 valence electrons. The molecule has 5 aromatic rings. The number of nitrogens with zero attached hydrogens (tertiary/aromatic N) is 1. The Morgan fingerprint density at radius 1 is 0.957 bits per heavy atom. The summed E-state index contributed by atoms with van der Waals surface area (Å²) in [6.07, 6.45) is 1.68. The number of halogens is 3. The molecule has 3 aromatic carbocycles. The smallest absolute Gasteiger partial charge is 0.261 e. The predicted molar refractivity (Wildman–Crippen MR) is 165 cm³/mol. The highest BCUT2D eigenvalue weighted by Crippen LogP contribution is 2.44. The summed E-state index contributed by atoms with van der Waals surface area (Å²) in [5.41, 5.74) is 1.25. The molecule has 0 amide bonds. The lowest BCUT2D eigenvalue weighted by Gasteiger charge is -2.16. The average Bonchev–Trinajstić information content (AvgIpc) is 3.49. The molecule has 1 atom stereocenters. The predicted octanol–water partition coefficient (Wildman–Crippen LogP) is 4.99. The van der Waals surface area contributed by atoms with Crippen molar-refractivity contribution in [1.82, 2.24) is 9.29 Å². The van der Waals surface area contributed by atoms with Gasteiger partial charge in [-0.15, -0.1) is 0 Å². The first-order valence-corrected chi connectivity index (χ1v) is 15.0. The van der Waals surface area contributed by atoms with Gasteiger partial charge in [-0.05, 0) is 42.3 Å². The molecule has 0 spiro atoms. The third kappa shape index (κ3) is 7.12. The fourth-order valence-electron chi connectivity index (χ4n) is 4.94. The van der Waals surface area contributed by atoms with Crippen LogP contribution in [-0.2, 0) is 24.7 Å². The Morgan fingerprint density at radius 3 is 2.26 bits per heavy atom. The van der Waals surface area contributed by atoms with E-state index in [-0.39, 0.29) is 77.0 Å². The average molecular weight is 674 g/mol. The van der Waals surface area contributed by atoms with Crippen molar-refractivity contribution in [1.29, 1.82) is 0 Å². The second-order valence-corrected chi connectivity index (χ2v) is 10.9. The van der Waals surface area contributed by atoms with Crippen LogP contribution in [0.15, 0.2) is 63.9 Å². The van der Waals surface area contributed by atoms with Crippen molar-refractivity contribution in [2.75, 3.05) is 34.0 Å². The Bertz CT molecular complexity index is 1980. The monoisotopic (exact) mass is 673 g/mol. The molecule has 15 heteroatoms. The number of methoxy groups -OCH3 is 2. The standard InChI is InChI=1S/C32H29F3N2O9S/c1-37-16-22(20-10-17(6-7-36-47(40)41)4-5-25(20)45-30-23(34)13-19(33)14-24(30)35)29-21(32(37)39)15-26(46-29)18-11-27(42-2)31(44-9-8-38)28(12-18)43-3/h4-5,10-16,36,38H,6-9H2,1-3H3,(H,40,41)/p-1. The van der Waals surface area contributed by atoms with E-state index >= 15 is 0 Å². The van der Waals surface area contributed by atoms with Crippen LogP contribution in [0.4, 0.5) is 13.2 Å². The molecule has 5 rings (SSSR count). The Labute approximate surface area is 268 Å². The number of ether oxygens (including phenoxy) is 4. The van der Waals surface area contributed by atoms with Crippen molar-refractivity contribution in [3.63, 3.8) is 0 Å². The van der Waals surface area contributed by atoms with Crippen molar-refractivity contribution >= 4 is 22.2 Å². The van der Waals surface area contributed by atoms with E-state index in [1.54, 1.807) is 24.3 Å². The number of hydrogen-bond acceptors (Lipinski definition) is 9. The number of aliphatic hydroxyl groups excluding tert-OH is 1. The SMILES string of the molecule is COc1cc(-c2cc3c(=O)n(C)cc(-c4cc(CCNS(=O)[O-])ccc4Oc4c(F)cc(F)cc4F)c3o2)cc(OC)c1OCCO. The van der Waals surface area contributed by atoms with Gasteiger partial charge in [0.15, 0.2) is 28.9 Å². The number of pyridine rings is 1. The summed E-state index contributed by atoms with van der Waals surface area (Å²) in [7, 11) is 4.35. The van der Waals surface area contributed by atoms with Crippen LogP contribution >= 0.6 is 0 Å². The zero-order valence-electron chi connectivity index (χ0n) is 25.2. The van der Waals surface area contributed by atoms with Crippen molar-refractivity contribution in [2.45, 2.75) is 6.42 Å². The highest BCUT2D eigenvalue weighted by atomic mass is 32.2. The van der Waals surface area contributed by atoms with Gasteiger partial charge in [0.2, 0.25) is 5.75 Å². The molecular weight excluding hydrogens is 645 g/mol. The summed E-state index contributed by atoms with van der Waals surface area (Å²) >= 11 is -2.50. The summed E-state index contributed by atoms with van der Waals surface area (Å²) in [5, 5.41) is 9.37. The first kappa shape index (κ1) is 33.5. The van der Waals surface area contributed by atoms with E-state index in [0.717, 1.165) is 0 Å². The summed E-state index contributed by atoms with van der Waals surface area (Å²) < 4.78 is 97.0. The van der Waals surface area contributed by atoms with E-state index in [9.17, 15) is 31.8 Å². The van der Waals surface area contributed by atoms with E-state index < -0.39 is 40.0 Å². The maximum absolute atomic E-state index is 14.7. The highest BCUT2D eigenvalue weighted by Gasteiger charge is 2.23. The van der Waals surface area contributed by atoms with Crippen LogP contribution in [-0.4, -0.2) is 52.4 Å². The van der Waals surface area contributed by atoms with E-state index in [1.165, 1.54) is 44.2 Å². The van der Waals surface area contributed by atoms with Crippen LogP contribution in [0.5, 0.6) is 28.7 Å². The van der Waals surface area contributed by atoms with Crippen LogP contribution in [0.3, 0.4) is 0 Å². The van der Waals surface area contributed by atoms with Crippen LogP contribution in [0.2, 0.25) is 0 Å². The second-order valence-electron chi connectivity index (χ2n) is 10.1. The van der Waals surface area contributed by atoms with Gasteiger partial charge >= 0.3 is 0 Å². The summed E-state index contributed by atoms with van der Waals surface area (Å²) in [6.45, 7) is -0.214. The number of furan rings is 1. The molecule has 0 aliphatic heterocycles. The van der Waals surface area contributed by atoms with Crippen molar-refractivity contribution < 1.29 is 50.4 Å². The molecule has 2 heterocycles. The lowest BCUT2D eigenvalue weighted by atomic mass is 10.0. The van der Waals surface area contributed by atoms with Gasteiger partial charge in [0.1, 0.15) is 29.5 Å². The largest absolute Gasteiger partial charge is 0.760 e. The van der Waals surface area contributed by atoms with Gasteiger partial charge in [0, 0.05) is 59.9 Å². The number of aliphatic hydroxyl groups is 1. The molecule has 2 aromatic heterocycles. The third-order valence-electron chi connectivity index (χ3n) is 7.08. The first-order valence-electron chi connectivity index (χ1n) is 14.0. The molecule has 2 N–H and O–H groups in total. The number of hydrogen-bond donors (Lipinski definition) is 2. The highest BCUT2D eigenvalue weighted by molar-refractivity contribution is 7.77. The van der Waals surface area contributed by atoms with E-state index in [4.69, 9.17) is 23.4 Å². The maximum Gasteiger partial charge on any atom is 0.261 e. The molecule has 11 nitrogen and oxygen atoms in total. The Hall–Kier alpha value is -4.83. The molecule has 0 aliphatic carbocycles. The molecule has 1 unspecified atom stereocenters. The number of aryl methyl sites for hydroxylation is 1. The van der Waals surface area contributed by atoms with E-state index in [1.807, 2.05) is 0 Å². The van der Waals surface area contributed by atoms with Gasteiger partial charge in [-0.2, -0.15) is 0 Å². The van der Waals surface area contributed by atoms with Gasteiger partial charge in [0.25, 0.3) is 5.56 Å². The number of benzene rings is 3. The van der Waals surface area contributed by atoms with Gasteiger partial charge in [-0.25, -0.2) is 17.9 Å². The van der Waals surface area contributed by atoms with Gasteiger partial charge in [-0.1, -0.05) is 6.07 Å². The minimum atomic E-state index is -2.50. The van der Waals surface area contributed by atoms with E-state index in [2.05, 4.69) is 4.72 Å². The van der Waals surface area contributed by atoms with Gasteiger partial charge in [-0.3, -0.25) is 9.00 Å². The first-order chi connectivity index (χ1) is 22.5. The summed E-state index contributed by atoms with van der Waals surface area (Å²) in [5.74, 6) is -3.60. The normalized spacial score (nSPS) is 11.9. The maximum atomic E-state index is 14.7. The molecule has 0 radical (unpaired) electrons. The Morgan fingerprint density at radius 2 is 1.64 bits per heavy atom. The molecule has 47 heavy (non-hydrogen) atoms. The molecular formula is C32H28F3N2O9S-. The van der Waals surface area contributed by atoms with Crippen LogP contribution in [0.1, 0.15) is 5.56 Å². The van der Waals surface area contributed by atoms with Crippen LogP contribution < -0.4 is 29.2 Å². The minimum absolute atomic E-state index is 0.0178. The number of fused-ring (bicyclic) bond motifs is 1. The van der Waals surface area contributed by atoms with Crippen LogP contribution in [0.25, 0.3) is 33.4 Å². The third-order valence-corrected chi connectivity index (χ3v) is 7.52. The number of rotatable bonds is 13. The molecule has 0 aliphatic rings. The number of aromatic nitrogens is 1. The number of nitrogens with one attached hydrogen (secondary N) is 1. The second kappa shape index (κ2) is 14.3. The Balaban J connectivity index is 1.70. The van der Waals surface area contributed by atoms with Gasteiger partial charge in [0.05, 0.1) is 26.2 Å². The Kier molecular flexibility index (Phi) is 10.2. The molecule has 0 saturated heterocycles. The summed E-state index contributed by atoms with van der Waals surface area (Å²) in [6, 6.07) is 10.3. The zero-order valence-corrected chi connectivity index (χ0v) is 26.0.